The summed E-state index contributed by atoms with van der Waals surface area (Å²) in [4.78, 5) is 24.3. The molecule has 1 saturated heterocycles. The monoisotopic (exact) mass is 400 g/mol. The van der Waals surface area contributed by atoms with Gasteiger partial charge in [0, 0.05) is 56.4 Å². The second-order valence-corrected chi connectivity index (χ2v) is 8.24. The van der Waals surface area contributed by atoms with Crippen molar-refractivity contribution in [3.8, 4) is 0 Å². The first-order chi connectivity index (χ1) is 14.8. The van der Waals surface area contributed by atoms with E-state index in [0.29, 0.717) is 0 Å². The van der Waals surface area contributed by atoms with Crippen molar-refractivity contribution in [2.45, 2.75) is 12.8 Å². The number of hydrogen-bond donors (Lipinski definition) is 0. The number of aromatic nitrogens is 1. The van der Waals surface area contributed by atoms with Crippen molar-refractivity contribution in [3.63, 3.8) is 0 Å². The molecule has 30 heavy (non-hydrogen) atoms. The predicted molar refractivity (Wildman–Crippen MR) is 121 cm³/mol. The summed E-state index contributed by atoms with van der Waals surface area (Å²) in [6.07, 6.45) is 3.91. The molecule has 3 aromatic rings. The molecule has 5 rings (SSSR count). The topological polar surface area (TPSA) is 39.7 Å². The van der Waals surface area contributed by atoms with Crippen LogP contribution in [0.1, 0.15) is 22.3 Å². The van der Waals surface area contributed by atoms with Gasteiger partial charge in [-0.05, 0) is 42.5 Å². The number of rotatable bonds is 5. The van der Waals surface area contributed by atoms with E-state index in [1.165, 1.54) is 16.3 Å². The summed E-state index contributed by atoms with van der Waals surface area (Å²) in [5, 5.41) is 2.48. The Balaban J connectivity index is 1.13. The second-order valence-electron chi connectivity index (χ2n) is 8.24. The smallest absolute Gasteiger partial charge is 0.254 e. The van der Waals surface area contributed by atoms with Crippen LogP contribution < -0.4 is 4.90 Å². The van der Waals surface area contributed by atoms with Crippen molar-refractivity contribution in [3.05, 3.63) is 71.9 Å². The Labute approximate surface area is 177 Å². The number of hydrogen-bond acceptors (Lipinski definition) is 4. The lowest BCUT2D eigenvalue weighted by atomic mass is 9.99. The summed E-state index contributed by atoms with van der Waals surface area (Å²) >= 11 is 0. The van der Waals surface area contributed by atoms with Gasteiger partial charge in [-0.1, -0.05) is 42.5 Å². The highest BCUT2D eigenvalue weighted by Crippen LogP contribution is 2.25. The molecule has 2 aromatic carbocycles. The molecule has 0 radical (unpaired) electrons. The van der Waals surface area contributed by atoms with Gasteiger partial charge in [0.1, 0.15) is 5.82 Å². The Kier molecular flexibility index (Phi) is 5.37. The minimum Gasteiger partial charge on any atom is -0.354 e. The number of amides is 1. The van der Waals surface area contributed by atoms with Gasteiger partial charge in [-0.15, -0.1) is 0 Å². The van der Waals surface area contributed by atoms with E-state index in [-0.39, 0.29) is 5.91 Å². The zero-order valence-electron chi connectivity index (χ0n) is 17.3. The molecule has 1 fully saturated rings. The van der Waals surface area contributed by atoms with Crippen LogP contribution in [-0.2, 0) is 6.42 Å². The van der Waals surface area contributed by atoms with Gasteiger partial charge in [0.25, 0.3) is 5.91 Å². The van der Waals surface area contributed by atoms with Gasteiger partial charge in [0.15, 0.2) is 0 Å². The minimum absolute atomic E-state index is 0.198. The average Bonchev–Trinajstić information content (AvgIpc) is 2.81. The molecule has 0 bridgehead atoms. The summed E-state index contributed by atoms with van der Waals surface area (Å²) in [6.45, 7) is 6.81. The Hall–Kier alpha value is -2.92. The Bertz CT molecular complexity index is 1040. The van der Waals surface area contributed by atoms with E-state index in [0.717, 1.165) is 70.0 Å². The molecule has 5 nitrogen and oxygen atoms in total. The third-order valence-corrected chi connectivity index (χ3v) is 6.41. The molecule has 0 aliphatic carbocycles. The normalized spacial score (nSPS) is 17.4. The van der Waals surface area contributed by atoms with Gasteiger partial charge in [0.2, 0.25) is 0 Å². The van der Waals surface area contributed by atoms with E-state index in [9.17, 15) is 4.79 Å². The molecule has 0 N–H and O–H groups in total. The van der Waals surface area contributed by atoms with Gasteiger partial charge >= 0.3 is 0 Å². The first-order valence-corrected chi connectivity index (χ1v) is 11.0. The molecule has 2 aliphatic rings. The Morgan fingerprint density at radius 1 is 0.833 bits per heavy atom. The van der Waals surface area contributed by atoms with Crippen LogP contribution in [0.5, 0.6) is 0 Å². The van der Waals surface area contributed by atoms with Crippen LogP contribution in [0.4, 0.5) is 5.82 Å². The van der Waals surface area contributed by atoms with Gasteiger partial charge in [0.05, 0.1) is 0 Å². The van der Waals surface area contributed by atoms with Gasteiger partial charge in [-0.3, -0.25) is 9.69 Å². The van der Waals surface area contributed by atoms with Crippen LogP contribution in [0.2, 0.25) is 0 Å². The van der Waals surface area contributed by atoms with E-state index in [2.05, 4.69) is 51.2 Å². The lowest BCUT2D eigenvalue weighted by Crippen LogP contribution is -2.47. The minimum atomic E-state index is 0.198. The van der Waals surface area contributed by atoms with Crippen LogP contribution in [0.3, 0.4) is 0 Å². The highest BCUT2D eigenvalue weighted by molar-refractivity contribution is 5.96. The number of pyridine rings is 1. The molecule has 0 atom stereocenters. The number of nitrogens with zero attached hydrogens (tertiary/aromatic N) is 4. The van der Waals surface area contributed by atoms with Crippen LogP contribution in [0.25, 0.3) is 10.8 Å². The Morgan fingerprint density at radius 3 is 2.53 bits per heavy atom. The predicted octanol–water partition coefficient (Wildman–Crippen LogP) is 3.45. The van der Waals surface area contributed by atoms with E-state index >= 15 is 0 Å². The fourth-order valence-electron chi connectivity index (χ4n) is 4.71. The third kappa shape index (κ3) is 3.77. The summed E-state index contributed by atoms with van der Waals surface area (Å²) < 4.78 is 0. The van der Waals surface area contributed by atoms with Crippen LogP contribution in [-0.4, -0.2) is 66.5 Å². The SMILES string of the molecule is O=C1c2ccccc2CCN1CCCN1CCN(c2nccc3ccccc23)CC1. The number of fused-ring (bicyclic) bond motifs is 2. The molecular weight excluding hydrogens is 372 g/mol. The maximum atomic E-state index is 12.7. The molecule has 0 saturated carbocycles. The zero-order chi connectivity index (χ0) is 20.3. The van der Waals surface area contributed by atoms with Crippen molar-refractivity contribution < 1.29 is 4.79 Å². The number of benzene rings is 2. The fraction of sp³-hybridized carbons (Fsp3) is 0.360. The maximum absolute atomic E-state index is 12.7. The summed E-state index contributed by atoms with van der Waals surface area (Å²) in [5.41, 5.74) is 2.08. The van der Waals surface area contributed by atoms with Crippen LogP contribution in [0.15, 0.2) is 60.8 Å². The van der Waals surface area contributed by atoms with E-state index in [1.54, 1.807) is 0 Å². The van der Waals surface area contributed by atoms with Crippen molar-refractivity contribution in [1.82, 2.24) is 14.8 Å². The van der Waals surface area contributed by atoms with Gasteiger partial charge < -0.3 is 9.80 Å². The van der Waals surface area contributed by atoms with Gasteiger partial charge in [-0.2, -0.15) is 0 Å². The van der Waals surface area contributed by atoms with Crippen molar-refractivity contribution in [1.29, 1.82) is 0 Å². The van der Waals surface area contributed by atoms with Crippen LogP contribution in [0, 0.1) is 0 Å². The molecule has 5 heteroatoms. The fourth-order valence-corrected chi connectivity index (χ4v) is 4.71. The number of piperazine rings is 1. The number of carbonyl (C=O) groups is 1. The number of anilines is 1. The summed E-state index contributed by atoms with van der Waals surface area (Å²) in [7, 11) is 0. The number of carbonyl (C=O) groups excluding carboxylic acids is 1. The van der Waals surface area contributed by atoms with Crippen molar-refractivity contribution in [2.75, 3.05) is 50.7 Å². The lowest BCUT2D eigenvalue weighted by Gasteiger charge is -2.36. The highest BCUT2D eigenvalue weighted by Gasteiger charge is 2.24. The molecular formula is C25H28N4O. The maximum Gasteiger partial charge on any atom is 0.254 e. The largest absolute Gasteiger partial charge is 0.354 e. The zero-order valence-corrected chi connectivity index (χ0v) is 17.3. The van der Waals surface area contributed by atoms with Gasteiger partial charge in [-0.25, -0.2) is 4.98 Å². The summed E-state index contributed by atoms with van der Waals surface area (Å²) in [6, 6.07) is 18.6. The molecule has 1 aromatic heterocycles. The molecule has 0 unspecified atom stereocenters. The van der Waals surface area contributed by atoms with Crippen LogP contribution >= 0.6 is 0 Å². The lowest BCUT2D eigenvalue weighted by molar-refractivity contribution is 0.0731. The highest BCUT2D eigenvalue weighted by atomic mass is 16.2. The Morgan fingerprint density at radius 2 is 1.63 bits per heavy atom. The molecule has 2 aliphatic heterocycles. The summed E-state index contributed by atoms with van der Waals surface area (Å²) in [5.74, 6) is 1.30. The average molecular weight is 401 g/mol. The standard InChI is InChI=1S/C25H28N4O/c30-25-23-9-4-2-7-21(23)11-15-29(25)14-5-13-27-16-18-28(19-17-27)24-22-8-3-1-6-20(22)10-12-26-24/h1-4,6-10,12H,5,11,13-19H2. The molecule has 0 spiro atoms. The van der Waals surface area contributed by atoms with E-state index in [1.807, 2.05) is 29.3 Å². The third-order valence-electron chi connectivity index (χ3n) is 6.41. The second kappa shape index (κ2) is 8.44. The molecule has 1 amide bonds. The quantitative estimate of drug-likeness (QED) is 0.658. The molecule has 154 valence electrons. The van der Waals surface area contributed by atoms with E-state index < -0.39 is 0 Å². The first-order valence-electron chi connectivity index (χ1n) is 11.0. The molecule has 3 heterocycles. The van der Waals surface area contributed by atoms with Crippen molar-refractivity contribution in [2.24, 2.45) is 0 Å². The van der Waals surface area contributed by atoms with E-state index in [4.69, 9.17) is 0 Å². The first kappa shape index (κ1) is 19.1. The van der Waals surface area contributed by atoms with Crippen molar-refractivity contribution >= 4 is 22.5 Å².